The molecule has 1 aliphatic rings. The summed E-state index contributed by atoms with van der Waals surface area (Å²) in [5.74, 6) is 0.175. The van der Waals surface area contributed by atoms with E-state index in [-0.39, 0.29) is 5.91 Å². The van der Waals surface area contributed by atoms with E-state index in [4.69, 9.17) is 0 Å². The minimum Gasteiger partial charge on any atom is -0.339 e. The van der Waals surface area contributed by atoms with E-state index in [2.05, 4.69) is 12.2 Å². The quantitative estimate of drug-likeness (QED) is 0.902. The summed E-state index contributed by atoms with van der Waals surface area (Å²) < 4.78 is 0. The predicted molar refractivity (Wildman–Crippen MR) is 78.4 cm³/mol. The molecule has 1 amide bonds. The van der Waals surface area contributed by atoms with Crippen molar-refractivity contribution in [2.24, 2.45) is 0 Å². The lowest BCUT2D eigenvalue weighted by Crippen LogP contribution is -2.45. The van der Waals surface area contributed by atoms with Gasteiger partial charge in [0.2, 0.25) is 0 Å². The molecule has 0 spiro atoms. The van der Waals surface area contributed by atoms with E-state index < -0.39 is 0 Å². The second-order valence-corrected chi connectivity index (χ2v) is 5.39. The Kier molecular flexibility index (Phi) is 4.97. The number of nitrogens with one attached hydrogen (secondary N) is 1. The van der Waals surface area contributed by atoms with Crippen molar-refractivity contribution in [2.75, 3.05) is 19.6 Å². The summed E-state index contributed by atoms with van der Waals surface area (Å²) in [6.45, 7) is 7.04. The lowest BCUT2D eigenvalue weighted by Gasteiger charge is -2.32. The van der Waals surface area contributed by atoms with Crippen LogP contribution in [0.4, 0.5) is 0 Å². The van der Waals surface area contributed by atoms with Crippen LogP contribution in [-0.4, -0.2) is 36.5 Å². The zero-order valence-electron chi connectivity index (χ0n) is 12.0. The largest absolute Gasteiger partial charge is 0.339 e. The molecule has 3 nitrogen and oxygen atoms in total. The topological polar surface area (TPSA) is 32.3 Å². The molecule has 1 N–H and O–H groups in total. The molecule has 0 saturated carbocycles. The molecule has 0 unspecified atom stereocenters. The van der Waals surface area contributed by atoms with Crippen molar-refractivity contribution in [3.8, 4) is 0 Å². The number of benzene rings is 1. The maximum Gasteiger partial charge on any atom is 0.253 e. The second-order valence-electron chi connectivity index (χ2n) is 5.39. The molecule has 3 heteroatoms. The monoisotopic (exact) mass is 260 g/mol. The summed E-state index contributed by atoms with van der Waals surface area (Å²) >= 11 is 0. The molecular weight excluding hydrogens is 236 g/mol. The summed E-state index contributed by atoms with van der Waals surface area (Å²) in [5.41, 5.74) is 2.00. The van der Waals surface area contributed by atoms with Crippen LogP contribution in [0, 0.1) is 6.92 Å². The van der Waals surface area contributed by atoms with Gasteiger partial charge in [0.25, 0.3) is 5.91 Å². The number of piperidine rings is 1. The van der Waals surface area contributed by atoms with E-state index in [9.17, 15) is 4.79 Å². The fourth-order valence-corrected chi connectivity index (χ4v) is 2.51. The molecule has 1 aromatic carbocycles. The second kappa shape index (κ2) is 6.71. The third-order valence-corrected chi connectivity index (χ3v) is 3.76. The number of carbonyl (C=O) groups excluding carboxylic acids is 1. The molecule has 0 atom stereocenters. The number of carbonyl (C=O) groups is 1. The zero-order valence-corrected chi connectivity index (χ0v) is 12.0. The smallest absolute Gasteiger partial charge is 0.253 e. The Bertz CT molecular complexity index is 405. The average molecular weight is 260 g/mol. The highest BCUT2D eigenvalue weighted by Crippen LogP contribution is 2.14. The molecule has 1 heterocycles. The van der Waals surface area contributed by atoms with Gasteiger partial charge >= 0.3 is 0 Å². The van der Waals surface area contributed by atoms with Crippen LogP contribution < -0.4 is 5.32 Å². The molecule has 0 radical (unpaired) electrons. The van der Waals surface area contributed by atoms with E-state index in [1.165, 1.54) is 12.0 Å². The molecule has 2 rings (SSSR count). The van der Waals surface area contributed by atoms with Crippen molar-refractivity contribution in [3.05, 3.63) is 35.4 Å². The number of nitrogens with zero attached hydrogens (tertiary/aromatic N) is 1. The van der Waals surface area contributed by atoms with Crippen molar-refractivity contribution in [1.82, 2.24) is 10.2 Å². The summed E-state index contributed by atoms with van der Waals surface area (Å²) in [5, 5.41) is 3.54. The maximum atomic E-state index is 12.3. The number of amides is 1. The van der Waals surface area contributed by atoms with Gasteiger partial charge < -0.3 is 10.2 Å². The first-order valence-electron chi connectivity index (χ1n) is 7.30. The lowest BCUT2D eigenvalue weighted by atomic mass is 10.0. The first-order chi connectivity index (χ1) is 9.20. The molecule has 1 saturated heterocycles. The Morgan fingerprint density at radius 3 is 2.47 bits per heavy atom. The molecule has 1 aliphatic heterocycles. The molecule has 19 heavy (non-hydrogen) atoms. The van der Waals surface area contributed by atoms with Gasteiger partial charge in [0.15, 0.2) is 0 Å². The highest BCUT2D eigenvalue weighted by atomic mass is 16.2. The van der Waals surface area contributed by atoms with Gasteiger partial charge in [0, 0.05) is 24.7 Å². The van der Waals surface area contributed by atoms with Crippen LogP contribution in [0.25, 0.3) is 0 Å². The molecule has 1 fully saturated rings. The van der Waals surface area contributed by atoms with E-state index in [1.807, 2.05) is 36.1 Å². The standard InChI is InChI=1S/C16H24N2O/c1-3-10-17-15-8-11-18(12-9-15)16(19)14-6-4-13(2)5-7-14/h4-7,15,17H,3,8-12H2,1-2H3. The van der Waals surface area contributed by atoms with Crippen molar-refractivity contribution in [2.45, 2.75) is 39.2 Å². The Balaban J connectivity index is 1.87. The van der Waals surface area contributed by atoms with E-state index in [0.29, 0.717) is 6.04 Å². The molecular formula is C16H24N2O. The number of hydrogen-bond acceptors (Lipinski definition) is 2. The van der Waals surface area contributed by atoms with E-state index in [0.717, 1.165) is 38.0 Å². The summed E-state index contributed by atoms with van der Waals surface area (Å²) in [6.07, 6.45) is 3.30. The van der Waals surface area contributed by atoms with Gasteiger partial charge in [-0.1, -0.05) is 24.6 Å². The minimum atomic E-state index is 0.175. The van der Waals surface area contributed by atoms with Crippen LogP contribution in [0.15, 0.2) is 24.3 Å². The molecule has 1 aromatic rings. The highest BCUT2D eigenvalue weighted by molar-refractivity contribution is 5.94. The minimum absolute atomic E-state index is 0.175. The number of aryl methyl sites for hydroxylation is 1. The van der Waals surface area contributed by atoms with E-state index in [1.54, 1.807) is 0 Å². The fraction of sp³-hybridized carbons (Fsp3) is 0.562. The van der Waals surface area contributed by atoms with Crippen LogP contribution in [0.5, 0.6) is 0 Å². The van der Waals surface area contributed by atoms with Gasteiger partial charge in [0.1, 0.15) is 0 Å². The summed E-state index contributed by atoms with van der Waals surface area (Å²) in [4.78, 5) is 14.3. The Morgan fingerprint density at radius 2 is 1.89 bits per heavy atom. The number of likely N-dealkylation sites (tertiary alicyclic amines) is 1. The van der Waals surface area contributed by atoms with Gasteiger partial charge in [-0.15, -0.1) is 0 Å². The van der Waals surface area contributed by atoms with Crippen LogP contribution in [0.1, 0.15) is 42.1 Å². The number of hydrogen-bond donors (Lipinski definition) is 1. The Morgan fingerprint density at radius 1 is 1.26 bits per heavy atom. The van der Waals surface area contributed by atoms with Crippen LogP contribution >= 0.6 is 0 Å². The molecule has 0 aromatic heterocycles. The van der Waals surface area contributed by atoms with E-state index >= 15 is 0 Å². The van der Waals surface area contributed by atoms with Crippen molar-refractivity contribution in [3.63, 3.8) is 0 Å². The Labute approximate surface area is 116 Å². The maximum absolute atomic E-state index is 12.3. The first kappa shape index (κ1) is 14.1. The SMILES string of the molecule is CCCNC1CCN(C(=O)c2ccc(C)cc2)CC1. The van der Waals surface area contributed by atoms with Crippen LogP contribution in [0.3, 0.4) is 0 Å². The molecule has 0 bridgehead atoms. The number of rotatable bonds is 4. The predicted octanol–water partition coefficient (Wildman–Crippen LogP) is 2.60. The Hall–Kier alpha value is -1.35. The molecule has 0 aliphatic carbocycles. The third kappa shape index (κ3) is 3.80. The van der Waals surface area contributed by atoms with Gasteiger partial charge in [-0.2, -0.15) is 0 Å². The van der Waals surface area contributed by atoms with Gasteiger partial charge in [-0.05, 0) is 44.9 Å². The van der Waals surface area contributed by atoms with Crippen molar-refractivity contribution in [1.29, 1.82) is 0 Å². The van der Waals surface area contributed by atoms with Gasteiger partial charge in [-0.3, -0.25) is 4.79 Å². The lowest BCUT2D eigenvalue weighted by molar-refractivity contribution is 0.0705. The first-order valence-corrected chi connectivity index (χ1v) is 7.30. The van der Waals surface area contributed by atoms with Crippen molar-refractivity contribution >= 4 is 5.91 Å². The normalized spacial score (nSPS) is 16.6. The zero-order chi connectivity index (χ0) is 13.7. The molecule has 104 valence electrons. The van der Waals surface area contributed by atoms with Gasteiger partial charge in [0.05, 0.1) is 0 Å². The fourth-order valence-electron chi connectivity index (χ4n) is 2.51. The average Bonchev–Trinajstić information content (AvgIpc) is 2.46. The van der Waals surface area contributed by atoms with Crippen molar-refractivity contribution < 1.29 is 4.79 Å². The summed E-state index contributed by atoms with van der Waals surface area (Å²) in [6, 6.07) is 8.45. The van der Waals surface area contributed by atoms with Gasteiger partial charge in [-0.25, -0.2) is 0 Å². The summed E-state index contributed by atoms with van der Waals surface area (Å²) in [7, 11) is 0. The third-order valence-electron chi connectivity index (χ3n) is 3.76. The van der Waals surface area contributed by atoms with Crippen LogP contribution in [-0.2, 0) is 0 Å². The highest BCUT2D eigenvalue weighted by Gasteiger charge is 2.22. The van der Waals surface area contributed by atoms with Crippen LogP contribution in [0.2, 0.25) is 0 Å².